The maximum Gasteiger partial charge on any atom is 0.276 e. The summed E-state index contributed by atoms with van der Waals surface area (Å²) in [7, 11) is 0. The van der Waals surface area contributed by atoms with E-state index in [0.717, 1.165) is 17.5 Å². The molecule has 3 aromatic rings. The maximum atomic E-state index is 13.9. The number of carbonyl (C=O) groups is 2. The summed E-state index contributed by atoms with van der Waals surface area (Å²) >= 11 is 6.09. The number of fused-ring (bicyclic) bond motifs is 2. The molecule has 6 nitrogen and oxygen atoms in total. The second kappa shape index (κ2) is 8.19. The molecule has 7 heteroatoms. The van der Waals surface area contributed by atoms with Gasteiger partial charge in [0.25, 0.3) is 5.91 Å². The number of hydrogen-bond acceptors (Lipinski definition) is 4. The zero-order valence-electron chi connectivity index (χ0n) is 18.5. The van der Waals surface area contributed by atoms with Gasteiger partial charge < -0.3 is 10.1 Å². The molecule has 1 aliphatic heterocycles. The Morgan fingerprint density at radius 1 is 1.12 bits per heavy atom. The van der Waals surface area contributed by atoms with Gasteiger partial charge in [-0.3, -0.25) is 14.5 Å². The van der Waals surface area contributed by atoms with Crippen molar-refractivity contribution in [3.8, 4) is 5.88 Å². The number of rotatable bonds is 4. The van der Waals surface area contributed by atoms with Gasteiger partial charge in [0.2, 0.25) is 11.8 Å². The molecule has 0 radical (unpaired) electrons. The molecule has 5 rings (SSSR count). The van der Waals surface area contributed by atoms with Gasteiger partial charge in [0.1, 0.15) is 11.5 Å². The van der Waals surface area contributed by atoms with E-state index in [4.69, 9.17) is 16.3 Å². The number of amides is 2. The van der Waals surface area contributed by atoms with Crippen LogP contribution >= 0.6 is 11.6 Å². The minimum Gasteiger partial charge on any atom is -0.459 e. The van der Waals surface area contributed by atoms with Crippen LogP contribution in [-0.2, 0) is 22.4 Å². The van der Waals surface area contributed by atoms with Gasteiger partial charge in [-0.2, -0.15) is 4.98 Å². The standard InChI is InChI=1S/C26H24ClN3O3/c1-3-16(2)23(31)28-22-13-12-21-24(29-22)33-26(14-17-6-4-5-7-18(17)15-26)25(32)30(21)20-10-8-19(27)9-11-20/h4-13,16H,3,14-15H2,1-2H3,(H,28,29,31)/t16-/m1/s1. The Labute approximate surface area is 197 Å². The molecule has 168 valence electrons. The first-order valence-electron chi connectivity index (χ1n) is 11.1. The van der Waals surface area contributed by atoms with Crippen LogP contribution in [0.3, 0.4) is 0 Å². The fourth-order valence-electron chi connectivity index (χ4n) is 4.37. The van der Waals surface area contributed by atoms with E-state index >= 15 is 0 Å². The molecular formula is C26H24ClN3O3. The van der Waals surface area contributed by atoms with Crippen LogP contribution in [0.2, 0.25) is 5.02 Å². The zero-order valence-corrected chi connectivity index (χ0v) is 19.2. The van der Waals surface area contributed by atoms with Crippen LogP contribution in [0, 0.1) is 5.92 Å². The van der Waals surface area contributed by atoms with Crippen molar-refractivity contribution in [2.75, 3.05) is 10.2 Å². The summed E-state index contributed by atoms with van der Waals surface area (Å²) in [5, 5.41) is 3.45. The van der Waals surface area contributed by atoms with Crippen LogP contribution in [-0.4, -0.2) is 22.4 Å². The Morgan fingerprint density at radius 2 is 1.79 bits per heavy atom. The fraction of sp³-hybridized carbons (Fsp3) is 0.269. The topological polar surface area (TPSA) is 71.5 Å². The van der Waals surface area contributed by atoms with E-state index in [9.17, 15) is 9.59 Å². The molecule has 2 aromatic carbocycles. The first kappa shape index (κ1) is 21.5. The number of ether oxygens (including phenoxy) is 1. The van der Waals surface area contributed by atoms with Gasteiger partial charge in [-0.15, -0.1) is 0 Å². The third-order valence-corrected chi connectivity index (χ3v) is 6.68. The van der Waals surface area contributed by atoms with Crippen molar-refractivity contribution in [2.45, 2.75) is 38.7 Å². The van der Waals surface area contributed by atoms with Crippen LogP contribution in [0.25, 0.3) is 0 Å². The molecule has 1 aromatic heterocycles. The minimum absolute atomic E-state index is 0.102. The SMILES string of the molecule is CC[C@@H](C)C(=O)Nc1ccc2c(n1)OC1(Cc3ccccc3C1)C(=O)N2c1ccc(Cl)cc1. The molecule has 2 aliphatic rings. The summed E-state index contributed by atoms with van der Waals surface area (Å²) < 4.78 is 6.38. The second-order valence-corrected chi connectivity index (χ2v) is 9.09. The average molecular weight is 462 g/mol. The summed E-state index contributed by atoms with van der Waals surface area (Å²) in [5.74, 6) is 0.335. The van der Waals surface area contributed by atoms with Crippen molar-refractivity contribution in [1.29, 1.82) is 0 Å². The van der Waals surface area contributed by atoms with E-state index in [0.29, 0.717) is 40.9 Å². The molecule has 0 saturated heterocycles. The fourth-order valence-corrected chi connectivity index (χ4v) is 4.50. The quantitative estimate of drug-likeness (QED) is 0.571. The monoisotopic (exact) mass is 461 g/mol. The van der Waals surface area contributed by atoms with E-state index < -0.39 is 5.60 Å². The predicted octanol–water partition coefficient (Wildman–Crippen LogP) is 5.31. The number of aromatic nitrogens is 1. The van der Waals surface area contributed by atoms with Crippen molar-refractivity contribution < 1.29 is 14.3 Å². The molecule has 1 aliphatic carbocycles. The Bertz CT molecular complexity index is 1220. The average Bonchev–Trinajstić information content (AvgIpc) is 3.19. The highest BCUT2D eigenvalue weighted by atomic mass is 35.5. The van der Waals surface area contributed by atoms with Gasteiger partial charge in [0.15, 0.2) is 5.60 Å². The van der Waals surface area contributed by atoms with E-state index in [-0.39, 0.29) is 17.7 Å². The minimum atomic E-state index is -1.09. The molecule has 0 saturated carbocycles. The second-order valence-electron chi connectivity index (χ2n) is 8.65. The number of nitrogens with one attached hydrogen (secondary N) is 1. The van der Waals surface area contributed by atoms with Crippen molar-refractivity contribution in [1.82, 2.24) is 4.98 Å². The van der Waals surface area contributed by atoms with E-state index in [1.807, 2.05) is 50.2 Å². The lowest BCUT2D eigenvalue weighted by Crippen LogP contribution is -2.55. The normalized spacial score (nSPS) is 16.7. The summed E-state index contributed by atoms with van der Waals surface area (Å²) in [6.45, 7) is 3.83. The number of nitrogens with zero attached hydrogens (tertiary/aromatic N) is 2. The van der Waals surface area contributed by atoms with Crippen LogP contribution < -0.4 is 15.0 Å². The smallest absolute Gasteiger partial charge is 0.276 e. The first-order valence-corrected chi connectivity index (χ1v) is 11.5. The Kier molecular flexibility index (Phi) is 5.33. The molecule has 1 spiro atoms. The lowest BCUT2D eigenvalue weighted by atomic mass is 9.95. The highest BCUT2D eigenvalue weighted by Crippen LogP contribution is 2.46. The first-order chi connectivity index (χ1) is 15.9. The van der Waals surface area contributed by atoms with E-state index in [1.165, 1.54) is 0 Å². The van der Waals surface area contributed by atoms with Gasteiger partial charge in [0, 0.05) is 29.5 Å². The predicted molar refractivity (Wildman–Crippen MR) is 128 cm³/mol. The Morgan fingerprint density at radius 3 is 2.42 bits per heavy atom. The number of anilines is 3. The maximum absolute atomic E-state index is 13.9. The van der Waals surface area contributed by atoms with Crippen molar-refractivity contribution in [2.24, 2.45) is 5.92 Å². The van der Waals surface area contributed by atoms with Crippen molar-refractivity contribution in [3.05, 3.63) is 76.8 Å². The van der Waals surface area contributed by atoms with E-state index in [1.54, 1.807) is 29.2 Å². The highest BCUT2D eigenvalue weighted by molar-refractivity contribution is 6.30. The van der Waals surface area contributed by atoms with Crippen LogP contribution in [0.1, 0.15) is 31.4 Å². The zero-order chi connectivity index (χ0) is 23.2. The summed E-state index contributed by atoms with van der Waals surface area (Å²) in [4.78, 5) is 32.6. The van der Waals surface area contributed by atoms with Gasteiger partial charge in [0.05, 0.1) is 0 Å². The molecule has 1 atom stereocenters. The molecule has 2 amide bonds. The number of hydrogen-bond donors (Lipinski definition) is 1. The third-order valence-electron chi connectivity index (χ3n) is 6.43. The van der Waals surface area contributed by atoms with Gasteiger partial charge >= 0.3 is 0 Å². The Hall–Kier alpha value is -3.38. The summed E-state index contributed by atoms with van der Waals surface area (Å²) in [5.41, 5.74) is 2.30. The van der Waals surface area contributed by atoms with Gasteiger partial charge in [-0.1, -0.05) is 49.7 Å². The van der Waals surface area contributed by atoms with Gasteiger partial charge in [-0.25, -0.2) is 0 Å². The molecule has 1 N–H and O–H groups in total. The molecule has 0 fully saturated rings. The molecule has 2 heterocycles. The highest BCUT2D eigenvalue weighted by Gasteiger charge is 2.53. The lowest BCUT2D eigenvalue weighted by molar-refractivity contribution is -0.134. The lowest BCUT2D eigenvalue weighted by Gasteiger charge is -2.40. The number of halogens is 1. The third kappa shape index (κ3) is 3.74. The molecule has 33 heavy (non-hydrogen) atoms. The number of carbonyl (C=O) groups excluding carboxylic acids is 2. The van der Waals surface area contributed by atoms with Crippen molar-refractivity contribution >= 4 is 40.6 Å². The van der Waals surface area contributed by atoms with Gasteiger partial charge in [-0.05, 0) is 53.9 Å². The number of benzene rings is 2. The summed E-state index contributed by atoms with van der Waals surface area (Å²) in [6, 6.07) is 18.6. The van der Waals surface area contributed by atoms with E-state index in [2.05, 4.69) is 10.3 Å². The van der Waals surface area contributed by atoms with Crippen LogP contribution in [0.5, 0.6) is 5.88 Å². The number of pyridine rings is 1. The molecule has 0 bridgehead atoms. The van der Waals surface area contributed by atoms with Crippen LogP contribution in [0.15, 0.2) is 60.7 Å². The van der Waals surface area contributed by atoms with Crippen LogP contribution in [0.4, 0.5) is 17.2 Å². The summed E-state index contributed by atoms with van der Waals surface area (Å²) in [6.07, 6.45) is 1.64. The van der Waals surface area contributed by atoms with Crippen molar-refractivity contribution in [3.63, 3.8) is 0 Å². The molecular weight excluding hydrogens is 438 g/mol. The molecule has 0 unspecified atom stereocenters. The Balaban J connectivity index is 1.58. The largest absolute Gasteiger partial charge is 0.459 e.